The highest BCUT2D eigenvalue weighted by molar-refractivity contribution is 5.75. The minimum Gasteiger partial charge on any atom is -0.481 e. The molecule has 2 amide bonds. The van der Waals surface area contributed by atoms with E-state index in [2.05, 4.69) is 5.32 Å². The minimum atomic E-state index is -0.771. The molecule has 0 spiro atoms. The number of carboxylic acids is 1. The summed E-state index contributed by atoms with van der Waals surface area (Å²) in [6, 6.07) is -0.161. The molecule has 0 aromatic rings. The summed E-state index contributed by atoms with van der Waals surface area (Å²) in [6.45, 7) is 3.01. The van der Waals surface area contributed by atoms with E-state index in [1.54, 1.807) is 4.90 Å². The Morgan fingerprint density at radius 2 is 2.00 bits per heavy atom. The monoisotopic (exact) mass is 284 g/mol. The second-order valence-corrected chi connectivity index (χ2v) is 6.33. The van der Waals surface area contributed by atoms with Crippen LogP contribution in [-0.2, 0) is 4.79 Å². The standard InChI is InChI=1S/C14H24N2O4/c1-14(20)5-2-7-16(8-6-14)13(19)15-11-4-3-10(9-11)12(17)18/h10-11,20H,2-9H2,1H3,(H,15,19)(H,17,18). The van der Waals surface area contributed by atoms with E-state index in [4.69, 9.17) is 5.11 Å². The van der Waals surface area contributed by atoms with Crippen molar-refractivity contribution < 1.29 is 19.8 Å². The summed E-state index contributed by atoms with van der Waals surface area (Å²) in [4.78, 5) is 24.8. The molecule has 20 heavy (non-hydrogen) atoms. The van der Waals surface area contributed by atoms with E-state index < -0.39 is 11.6 Å². The molecule has 2 aliphatic rings. The van der Waals surface area contributed by atoms with Crippen molar-refractivity contribution in [3.8, 4) is 0 Å². The van der Waals surface area contributed by atoms with Gasteiger partial charge in [-0.3, -0.25) is 4.79 Å². The van der Waals surface area contributed by atoms with Crippen LogP contribution in [0.15, 0.2) is 0 Å². The van der Waals surface area contributed by atoms with Crippen LogP contribution in [0.3, 0.4) is 0 Å². The first-order valence-corrected chi connectivity index (χ1v) is 7.38. The topological polar surface area (TPSA) is 89.9 Å². The van der Waals surface area contributed by atoms with E-state index in [1.807, 2.05) is 6.92 Å². The van der Waals surface area contributed by atoms with Gasteiger partial charge in [0.05, 0.1) is 11.5 Å². The van der Waals surface area contributed by atoms with Gasteiger partial charge in [0.25, 0.3) is 0 Å². The molecule has 2 fully saturated rings. The number of nitrogens with zero attached hydrogens (tertiary/aromatic N) is 1. The second kappa shape index (κ2) is 5.99. The Morgan fingerprint density at radius 3 is 2.65 bits per heavy atom. The molecule has 1 saturated heterocycles. The van der Waals surface area contributed by atoms with E-state index in [9.17, 15) is 14.7 Å². The van der Waals surface area contributed by atoms with Gasteiger partial charge in [-0.2, -0.15) is 0 Å². The summed E-state index contributed by atoms with van der Waals surface area (Å²) >= 11 is 0. The molecular weight excluding hydrogens is 260 g/mol. The van der Waals surface area contributed by atoms with Gasteiger partial charge in [0.2, 0.25) is 0 Å². The molecule has 6 heteroatoms. The van der Waals surface area contributed by atoms with Gasteiger partial charge in [0, 0.05) is 19.1 Å². The van der Waals surface area contributed by atoms with Crippen molar-refractivity contribution in [2.24, 2.45) is 5.92 Å². The highest BCUT2D eigenvalue weighted by Gasteiger charge is 2.32. The molecular formula is C14H24N2O4. The largest absolute Gasteiger partial charge is 0.481 e. The van der Waals surface area contributed by atoms with Crippen LogP contribution in [0.5, 0.6) is 0 Å². The number of aliphatic hydroxyl groups is 1. The Morgan fingerprint density at radius 1 is 1.25 bits per heavy atom. The number of amides is 2. The summed E-state index contributed by atoms with van der Waals surface area (Å²) in [5, 5.41) is 21.9. The molecule has 0 aromatic carbocycles. The van der Waals surface area contributed by atoms with Gasteiger partial charge < -0.3 is 20.4 Å². The molecule has 1 heterocycles. The lowest BCUT2D eigenvalue weighted by Gasteiger charge is -2.24. The van der Waals surface area contributed by atoms with Crippen LogP contribution < -0.4 is 5.32 Å². The smallest absolute Gasteiger partial charge is 0.317 e. The lowest BCUT2D eigenvalue weighted by Crippen LogP contribution is -2.45. The fraction of sp³-hybridized carbons (Fsp3) is 0.857. The highest BCUT2D eigenvalue weighted by atomic mass is 16.4. The van der Waals surface area contributed by atoms with E-state index >= 15 is 0 Å². The zero-order valence-corrected chi connectivity index (χ0v) is 12.0. The van der Waals surface area contributed by atoms with Crippen LogP contribution in [0.2, 0.25) is 0 Å². The first-order chi connectivity index (χ1) is 9.37. The van der Waals surface area contributed by atoms with Crippen molar-refractivity contribution in [2.45, 2.75) is 57.1 Å². The van der Waals surface area contributed by atoms with Crippen LogP contribution in [0.1, 0.15) is 45.4 Å². The van der Waals surface area contributed by atoms with Crippen molar-refractivity contribution in [3.05, 3.63) is 0 Å². The third-order valence-corrected chi connectivity index (χ3v) is 4.46. The number of carbonyl (C=O) groups excluding carboxylic acids is 1. The van der Waals surface area contributed by atoms with E-state index in [0.29, 0.717) is 38.8 Å². The maximum Gasteiger partial charge on any atom is 0.317 e. The number of nitrogens with one attached hydrogen (secondary N) is 1. The fourth-order valence-corrected chi connectivity index (χ4v) is 3.07. The number of carboxylic acid groups (broad SMARTS) is 1. The Kier molecular flexibility index (Phi) is 4.52. The Hall–Kier alpha value is -1.30. The number of likely N-dealkylation sites (tertiary alicyclic amines) is 1. The number of rotatable bonds is 2. The van der Waals surface area contributed by atoms with Crippen molar-refractivity contribution in [1.29, 1.82) is 0 Å². The molecule has 6 nitrogen and oxygen atoms in total. The van der Waals surface area contributed by atoms with Crippen LogP contribution in [0.4, 0.5) is 4.79 Å². The van der Waals surface area contributed by atoms with Gasteiger partial charge in [-0.25, -0.2) is 4.79 Å². The van der Waals surface area contributed by atoms with E-state index in [1.165, 1.54) is 0 Å². The van der Waals surface area contributed by atoms with Gasteiger partial charge in [-0.1, -0.05) is 0 Å². The molecule has 1 aliphatic carbocycles. The lowest BCUT2D eigenvalue weighted by atomic mass is 9.98. The van der Waals surface area contributed by atoms with Gasteiger partial charge in [-0.15, -0.1) is 0 Å². The molecule has 3 N–H and O–H groups in total. The number of hydrogen-bond donors (Lipinski definition) is 3. The maximum absolute atomic E-state index is 12.2. The minimum absolute atomic E-state index is 0.0348. The van der Waals surface area contributed by atoms with Crippen molar-refractivity contribution in [3.63, 3.8) is 0 Å². The molecule has 1 aliphatic heterocycles. The summed E-state index contributed by atoms with van der Waals surface area (Å²) in [6.07, 6.45) is 3.98. The number of urea groups is 1. The molecule has 3 atom stereocenters. The zero-order valence-electron chi connectivity index (χ0n) is 12.0. The van der Waals surface area contributed by atoms with Gasteiger partial charge in [0.1, 0.15) is 0 Å². The number of aliphatic carboxylic acids is 1. The molecule has 114 valence electrons. The second-order valence-electron chi connectivity index (χ2n) is 6.33. The maximum atomic E-state index is 12.2. The van der Waals surface area contributed by atoms with E-state index in [0.717, 1.165) is 12.8 Å². The molecule has 0 aromatic heterocycles. The Bertz CT molecular complexity index is 383. The third-order valence-electron chi connectivity index (χ3n) is 4.46. The summed E-state index contributed by atoms with van der Waals surface area (Å²) in [5.74, 6) is -1.10. The van der Waals surface area contributed by atoms with Gasteiger partial charge in [0.15, 0.2) is 0 Å². The zero-order chi connectivity index (χ0) is 14.8. The molecule has 1 saturated carbocycles. The van der Waals surface area contributed by atoms with Gasteiger partial charge in [-0.05, 0) is 45.4 Å². The predicted octanol–water partition coefficient (Wildman–Crippen LogP) is 1.19. The quantitative estimate of drug-likeness (QED) is 0.710. The fourth-order valence-electron chi connectivity index (χ4n) is 3.07. The van der Waals surface area contributed by atoms with Crippen LogP contribution in [-0.4, -0.2) is 51.8 Å². The van der Waals surface area contributed by atoms with Crippen molar-refractivity contribution >= 4 is 12.0 Å². The average Bonchev–Trinajstić information content (AvgIpc) is 2.74. The average molecular weight is 284 g/mol. The number of hydrogen-bond acceptors (Lipinski definition) is 3. The van der Waals surface area contributed by atoms with E-state index in [-0.39, 0.29) is 18.0 Å². The van der Waals surface area contributed by atoms with Crippen LogP contribution in [0.25, 0.3) is 0 Å². The molecule has 3 unspecified atom stereocenters. The Labute approximate surface area is 119 Å². The highest BCUT2D eigenvalue weighted by Crippen LogP contribution is 2.26. The number of carbonyl (C=O) groups is 2. The Balaban J connectivity index is 1.82. The van der Waals surface area contributed by atoms with Crippen molar-refractivity contribution in [1.82, 2.24) is 10.2 Å². The molecule has 0 radical (unpaired) electrons. The lowest BCUT2D eigenvalue weighted by molar-refractivity contribution is -0.141. The molecule has 2 rings (SSSR count). The van der Waals surface area contributed by atoms with Crippen LogP contribution in [0, 0.1) is 5.92 Å². The van der Waals surface area contributed by atoms with Crippen molar-refractivity contribution in [2.75, 3.05) is 13.1 Å². The predicted molar refractivity (Wildman–Crippen MR) is 73.3 cm³/mol. The molecule has 0 bridgehead atoms. The summed E-state index contributed by atoms with van der Waals surface area (Å²) in [5.41, 5.74) is -0.684. The van der Waals surface area contributed by atoms with Gasteiger partial charge >= 0.3 is 12.0 Å². The summed E-state index contributed by atoms with van der Waals surface area (Å²) < 4.78 is 0. The third kappa shape index (κ3) is 3.85. The first kappa shape index (κ1) is 15.1. The first-order valence-electron chi connectivity index (χ1n) is 7.38. The van der Waals surface area contributed by atoms with Crippen LogP contribution >= 0.6 is 0 Å². The SMILES string of the molecule is CC1(O)CCCN(C(=O)NC2CCC(C(=O)O)C2)CC1. The normalized spacial score (nSPS) is 34.6. The summed E-state index contributed by atoms with van der Waals surface area (Å²) in [7, 11) is 0.